The molecule has 0 aromatic carbocycles. The molecule has 0 bridgehead atoms. The quantitative estimate of drug-likeness (QED) is 0.569. The van der Waals surface area contributed by atoms with E-state index < -0.39 is 35.5 Å². The van der Waals surface area contributed by atoms with Crippen molar-refractivity contribution >= 4 is 17.7 Å². The van der Waals surface area contributed by atoms with Gasteiger partial charge in [0.05, 0.1) is 11.3 Å². The fourth-order valence-electron chi connectivity index (χ4n) is 4.54. The van der Waals surface area contributed by atoms with Crippen LogP contribution < -0.4 is 0 Å². The fraction of sp³-hybridized carbons (Fsp3) is 0.550. The van der Waals surface area contributed by atoms with Gasteiger partial charge in [0.15, 0.2) is 5.78 Å². The van der Waals surface area contributed by atoms with Crippen molar-refractivity contribution in [2.75, 3.05) is 0 Å². The Kier molecular flexibility index (Phi) is 4.21. The van der Waals surface area contributed by atoms with E-state index in [1.807, 2.05) is 19.9 Å². The third-order valence-corrected chi connectivity index (χ3v) is 5.79. The SMILES string of the molecule is C=C1C(=O)O[C@H]2C[C@@H](C)[C@@H]3C=CC(=O)[C@@]3(C)[C@@H](OC(=O)C=C(C)C)[C@H]12. The first-order valence-corrected chi connectivity index (χ1v) is 8.64. The van der Waals surface area contributed by atoms with Gasteiger partial charge in [-0.15, -0.1) is 0 Å². The van der Waals surface area contributed by atoms with Crippen LogP contribution >= 0.6 is 0 Å². The lowest BCUT2D eigenvalue weighted by Crippen LogP contribution is -2.49. The normalized spacial score (nSPS) is 39.4. The average molecular weight is 344 g/mol. The van der Waals surface area contributed by atoms with Gasteiger partial charge in [0.25, 0.3) is 0 Å². The predicted molar refractivity (Wildman–Crippen MR) is 91.3 cm³/mol. The van der Waals surface area contributed by atoms with Crippen LogP contribution in [0.5, 0.6) is 0 Å². The molecule has 0 unspecified atom stereocenters. The van der Waals surface area contributed by atoms with E-state index in [1.165, 1.54) is 6.08 Å². The van der Waals surface area contributed by atoms with Crippen LogP contribution in [0.1, 0.15) is 34.1 Å². The highest BCUT2D eigenvalue weighted by molar-refractivity contribution is 5.99. The molecule has 0 N–H and O–H groups in total. The molecule has 5 nitrogen and oxygen atoms in total. The number of fused-ring (bicyclic) bond motifs is 2. The second-order valence-electron chi connectivity index (χ2n) is 7.82. The number of ketones is 1. The van der Waals surface area contributed by atoms with Gasteiger partial charge < -0.3 is 9.47 Å². The van der Waals surface area contributed by atoms with E-state index in [4.69, 9.17) is 9.47 Å². The first-order valence-electron chi connectivity index (χ1n) is 8.64. The molecule has 134 valence electrons. The number of rotatable bonds is 2. The maximum Gasteiger partial charge on any atom is 0.334 e. The summed E-state index contributed by atoms with van der Waals surface area (Å²) in [4.78, 5) is 37.2. The van der Waals surface area contributed by atoms with Crippen molar-refractivity contribution < 1.29 is 23.9 Å². The van der Waals surface area contributed by atoms with Gasteiger partial charge in [0.1, 0.15) is 12.2 Å². The maximum absolute atomic E-state index is 12.8. The van der Waals surface area contributed by atoms with Crippen LogP contribution in [0.15, 0.2) is 36.0 Å². The third kappa shape index (κ3) is 2.66. The van der Waals surface area contributed by atoms with Gasteiger partial charge in [-0.1, -0.05) is 25.2 Å². The van der Waals surface area contributed by atoms with Crippen molar-refractivity contribution in [1.29, 1.82) is 0 Å². The molecule has 3 aliphatic rings. The summed E-state index contributed by atoms with van der Waals surface area (Å²) in [6, 6.07) is 0. The molecule has 5 heteroatoms. The molecule has 3 rings (SSSR count). The van der Waals surface area contributed by atoms with Gasteiger partial charge in [-0.2, -0.15) is 0 Å². The Bertz CT molecular complexity index is 712. The minimum absolute atomic E-state index is 0.0680. The Balaban J connectivity index is 2.08. The van der Waals surface area contributed by atoms with E-state index in [-0.39, 0.29) is 23.2 Å². The summed E-state index contributed by atoms with van der Waals surface area (Å²) in [5.74, 6) is -1.50. The van der Waals surface area contributed by atoms with Crippen molar-refractivity contribution in [3.63, 3.8) is 0 Å². The third-order valence-electron chi connectivity index (χ3n) is 5.79. The first-order chi connectivity index (χ1) is 11.7. The standard InChI is InChI=1S/C20H24O5/c1-10(2)8-16(22)25-18-17-12(4)19(23)24-14(17)9-11(3)13-6-7-15(21)20(13,18)5/h6-8,11,13-14,17-18H,4,9H2,1-3,5H3/t11-,13+,14+,17-,18+,20+/m1/s1. The highest BCUT2D eigenvalue weighted by atomic mass is 16.6. The second-order valence-corrected chi connectivity index (χ2v) is 7.82. The number of carbonyl (C=O) groups excluding carboxylic acids is 3. The van der Waals surface area contributed by atoms with E-state index in [2.05, 4.69) is 6.58 Å². The number of hydrogen-bond acceptors (Lipinski definition) is 5. The highest BCUT2D eigenvalue weighted by Gasteiger charge is 2.61. The average Bonchev–Trinajstić information content (AvgIpc) is 2.92. The van der Waals surface area contributed by atoms with Crippen LogP contribution in [0.3, 0.4) is 0 Å². The molecule has 1 saturated carbocycles. The van der Waals surface area contributed by atoms with Gasteiger partial charge in [-0.3, -0.25) is 4.79 Å². The van der Waals surface area contributed by atoms with E-state index in [1.54, 1.807) is 19.9 Å². The molecule has 25 heavy (non-hydrogen) atoms. The van der Waals surface area contributed by atoms with Crippen LogP contribution in [0.4, 0.5) is 0 Å². The molecule has 1 aliphatic heterocycles. The smallest absolute Gasteiger partial charge is 0.334 e. The predicted octanol–water partition coefficient (Wildman–Crippen LogP) is 2.76. The molecule has 1 saturated heterocycles. The first kappa shape index (κ1) is 17.6. The lowest BCUT2D eigenvalue weighted by molar-refractivity contribution is -0.159. The Labute approximate surface area is 147 Å². The van der Waals surface area contributed by atoms with Gasteiger partial charge in [-0.25, -0.2) is 9.59 Å². The zero-order valence-electron chi connectivity index (χ0n) is 15.1. The Morgan fingerprint density at radius 1 is 1.40 bits per heavy atom. The van der Waals surface area contributed by atoms with Crippen molar-refractivity contribution in [2.45, 2.75) is 46.3 Å². The minimum Gasteiger partial charge on any atom is -0.458 e. The molecule has 0 aromatic heterocycles. The van der Waals surface area contributed by atoms with Gasteiger partial charge in [-0.05, 0) is 45.1 Å². The molecule has 0 spiro atoms. The Morgan fingerprint density at radius 2 is 2.08 bits per heavy atom. The molecular formula is C20H24O5. The molecule has 2 fully saturated rings. The topological polar surface area (TPSA) is 69.7 Å². The van der Waals surface area contributed by atoms with E-state index in [0.29, 0.717) is 6.42 Å². The number of esters is 2. The number of ether oxygens (including phenoxy) is 2. The number of allylic oxidation sites excluding steroid dienone is 3. The molecule has 6 atom stereocenters. The van der Waals surface area contributed by atoms with E-state index in [0.717, 1.165) is 5.57 Å². The van der Waals surface area contributed by atoms with Crippen LogP contribution in [0, 0.1) is 23.2 Å². The van der Waals surface area contributed by atoms with Gasteiger partial charge >= 0.3 is 11.9 Å². The largest absolute Gasteiger partial charge is 0.458 e. The highest BCUT2D eigenvalue weighted by Crippen LogP contribution is 2.54. The van der Waals surface area contributed by atoms with Crippen molar-refractivity contribution in [3.05, 3.63) is 36.0 Å². The summed E-state index contributed by atoms with van der Waals surface area (Å²) in [6.07, 6.45) is 4.29. The van der Waals surface area contributed by atoms with Crippen molar-refractivity contribution in [1.82, 2.24) is 0 Å². The van der Waals surface area contributed by atoms with Crippen LogP contribution in [-0.2, 0) is 23.9 Å². The molecule has 1 heterocycles. The number of carbonyl (C=O) groups is 3. The van der Waals surface area contributed by atoms with Crippen molar-refractivity contribution in [3.8, 4) is 0 Å². The zero-order chi connectivity index (χ0) is 18.5. The maximum atomic E-state index is 12.8. The zero-order valence-corrected chi connectivity index (χ0v) is 15.1. The van der Waals surface area contributed by atoms with Gasteiger partial charge in [0, 0.05) is 11.6 Å². The van der Waals surface area contributed by atoms with Crippen LogP contribution in [0.2, 0.25) is 0 Å². The molecule has 2 aliphatic carbocycles. The van der Waals surface area contributed by atoms with Gasteiger partial charge in [0.2, 0.25) is 0 Å². The molecule has 0 amide bonds. The number of hydrogen-bond donors (Lipinski definition) is 0. The second kappa shape index (κ2) is 5.97. The van der Waals surface area contributed by atoms with Crippen LogP contribution in [-0.4, -0.2) is 29.9 Å². The summed E-state index contributed by atoms with van der Waals surface area (Å²) in [7, 11) is 0. The molecule has 0 aromatic rings. The van der Waals surface area contributed by atoms with Crippen LogP contribution in [0.25, 0.3) is 0 Å². The van der Waals surface area contributed by atoms with E-state index in [9.17, 15) is 14.4 Å². The lowest BCUT2D eigenvalue weighted by atomic mass is 9.67. The lowest BCUT2D eigenvalue weighted by Gasteiger charge is -2.39. The molecular weight excluding hydrogens is 320 g/mol. The summed E-state index contributed by atoms with van der Waals surface area (Å²) in [5, 5.41) is 0. The van der Waals surface area contributed by atoms with E-state index >= 15 is 0 Å². The summed E-state index contributed by atoms with van der Waals surface area (Å²) in [6.45, 7) is 11.3. The molecule has 0 radical (unpaired) electrons. The minimum atomic E-state index is -0.916. The Morgan fingerprint density at radius 3 is 2.72 bits per heavy atom. The summed E-state index contributed by atoms with van der Waals surface area (Å²) < 4.78 is 11.3. The van der Waals surface area contributed by atoms with Crippen molar-refractivity contribution in [2.24, 2.45) is 23.2 Å². The fourth-order valence-corrected chi connectivity index (χ4v) is 4.54. The summed E-state index contributed by atoms with van der Waals surface area (Å²) in [5.41, 5.74) is 0.174. The monoisotopic (exact) mass is 344 g/mol. The Hall–Kier alpha value is -2.17. The summed E-state index contributed by atoms with van der Waals surface area (Å²) >= 11 is 0.